The van der Waals surface area contributed by atoms with Gasteiger partial charge in [-0.2, -0.15) is 10.1 Å². The number of nitrogens with one attached hydrogen (secondary N) is 1. The first-order valence-corrected chi connectivity index (χ1v) is 11.1. The normalized spacial score (nSPS) is 13.2. The molecule has 9 nitrogen and oxygen atoms in total. The van der Waals surface area contributed by atoms with E-state index >= 15 is 0 Å². The number of carbonyl (C=O) groups excluding carboxylic acids is 1. The predicted molar refractivity (Wildman–Crippen MR) is 123 cm³/mol. The van der Waals surface area contributed by atoms with E-state index in [-0.39, 0.29) is 5.95 Å². The molecular formula is C22H25N6O3S. The van der Waals surface area contributed by atoms with Crippen molar-refractivity contribution in [1.29, 1.82) is 0 Å². The Hall–Kier alpha value is -3.14. The molecule has 1 radical (unpaired) electrons. The highest BCUT2D eigenvalue weighted by Crippen LogP contribution is 2.33. The molecule has 167 valence electrons. The summed E-state index contributed by atoms with van der Waals surface area (Å²) in [7, 11) is 1.65. The van der Waals surface area contributed by atoms with Crippen molar-refractivity contribution >= 4 is 40.9 Å². The summed E-state index contributed by atoms with van der Waals surface area (Å²) in [6, 6.07) is 0. The average Bonchev–Trinajstić information content (AvgIpc) is 2.90. The summed E-state index contributed by atoms with van der Waals surface area (Å²) in [5.74, 6) is 1.60. The molecule has 1 amide bonds. The van der Waals surface area contributed by atoms with Gasteiger partial charge in [-0.25, -0.2) is 14.5 Å². The summed E-state index contributed by atoms with van der Waals surface area (Å²) < 4.78 is 12.7. The van der Waals surface area contributed by atoms with Crippen molar-refractivity contribution in [2.75, 3.05) is 18.2 Å². The highest BCUT2D eigenvalue weighted by atomic mass is 32.2. The van der Waals surface area contributed by atoms with Crippen molar-refractivity contribution in [2.24, 2.45) is 0 Å². The molecule has 0 saturated heterocycles. The number of methoxy groups -OCH3 is 1. The van der Waals surface area contributed by atoms with E-state index in [1.54, 1.807) is 38.8 Å². The monoisotopic (exact) mass is 453 g/mol. The number of thioether (sulfide) groups is 1. The lowest BCUT2D eigenvalue weighted by Gasteiger charge is -2.19. The van der Waals surface area contributed by atoms with E-state index in [9.17, 15) is 4.79 Å². The number of rotatable bonds is 4. The van der Waals surface area contributed by atoms with Crippen molar-refractivity contribution in [3.05, 3.63) is 34.8 Å². The zero-order chi connectivity index (χ0) is 23.0. The molecule has 10 heteroatoms. The van der Waals surface area contributed by atoms with E-state index in [1.807, 2.05) is 19.9 Å². The first-order valence-electron chi connectivity index (χ1n) is 10.1. The van der Waals surface area contributed by atoms with E-state index in [0.29, 0.717) is 17.9 Å². The third-order valence-corrected chi connectivity index (χ3v) is 5.66. The van der Waals surface area contributed by atoms with Crippen LogP contribution in [-0.2, 0) is 11.3 Å². The first kappa shape index (κ1) is 22.1. The molecule has 3 aromatic heterocycles. The Morgan fingerprint density at radius 2 is 2.09 bits per heavy atom. The van der Waals surface area contributed by atoms with Gasteiger partial charge in [0.15, 0.2) is 5.65 Å². The average molecular weight is 454 g/mol. The largest absolute Gasteiger partial charge is 0.496 e. The molecule has 0 spiro atoms. The smallest absolute Gasteiger partial charge is 0.414 e. The molecular weight excluding hydrogens is 428 g/mol. The van der Waals surface area contributed by atoms with Gasteiger partial charge in [-0.1, -0.05) is 0 Å². The number of aromatic nitrogens is 5. The van der Waals surface area contributed by atoms with Gasteiger partial charge in [0.05, 0.1) is 30.4 Å². The van der Waals surface area contributed by atoms with Gasteiger partial charge in [-0.15, -0.1) is 11.8 Å². The van der Waals surface area contributed by atoms with E-state index < -0.39 is 11.7 Å². The molecule has 4 rings (SSSR count). The molecule has 0 fully saturated rings. The summed E-state index contributed by atoms with van der Waals surface area (Å²) in [5, 5.41) is 8.93. The number of amides is 1. The number of hydrogen-bond acceptors (Lipinski definition) is 8. The summed E-state index contributed by atoms with van der Waals surface area (Å²) in [6.45, 7) is 9.72. The number of nitrogens with zero attached hydrogens (tertiary/aromatic N) is 5. The predicted octanol–water partition coefficient (Wildman–Crippen LogP) is 4.16. The second-order valence-electron chi connectivity index (χ2n) is 8.40. The van der Waals surface area contributed by atoms with Crippen LogP contribution in [-0.4, -0.2) is 49.3 Å². The quantitative estimate of drug-likeness (QED) is 0.587. The van der Waals surface area contributed by atoms with Crippen LogP contribution in [0.25, 0.3) is 17.1 Å². The molecule has 1 N–H and O–H groups in total. The summed E-state index contributed by atoms with van der Waals surface area (Å²) in [4.78, 5) is 26.0. The zero-order valence-corrected chi connectivity index (χ0v) is 19.8. The Balaban J connectivity index is 1.77. The van der Waals surface area contributed by atoms with Crippen LogP contribution in [0.3, 0.4) is 0 Å². The fraction of sp³-hybridized carbons (Fsp3) is 0.409. The molecule has 3 aromatic rings. The number of aryl methyl sites for hydroxylation is 1. The van der Waals surface area contributed by atoms with Crippen molar-refractivity contribution in [2.45, 2.75) is 51.8 Å². The number of anilines is 1. The van der Waals surface area contributed by atoms with Crippen molar-refractivity contribution in [3.8, 4) is 5.75 Å². The van der Waals surface area contributed by atoms with Crippen molar-refractivity contribution in [3.63, 3.8) is 0 Å². The van der Waals surface area contributed by atoms with Crippen LogP contribution in [0.15, 0.2) is 11.2 Å². The third-order valence-electron chi connectivity index (χ3n) is 4.78. The Labute approximate surface area is 190 Å². The van der Waals surface area contributed by atoms with Gasteiger partial charge in [-0.3, -0.25) is 10.3 Å². The van der Waals surface area contributed by atoms with Crippen LogP contribution < -0.4 is 10.1 Å². The first-order chi connectivity index (χ1) is 15.2. The van der Waals surface area contributed by atoms with Gasteiger partial charge < -0.3 is 9.47 Å². The molecule has 0 unspecified atom stereocenters. The van der Waals surface area contributed by atoms with Crippen molar-refractivity contribution < 1.29 is 14.3 Å². The standard InChI is InChI=1S/C22H25N6O3S/c1-12-10-23-15(13(2)17(12)30-6)11-28-18-16-14(27-28)8-7-9-32-19(16)25-20(24-18)26-21(29)31-22(3,4)5/h8,10H,9,11H2,1-6H3,(H,24,25,26,29). The summed E-state index contributed by atoms with van der Waals surface area (Å²) >= 11 is 1.51. The highest BCUT2D eigenvalue weighted by Gasteiger charge is 2.23. The van der Waals surface area contributed by atoms with Gasteiger partial charge in [0.25, 0.3) is 0 Å². The van der Waals surface area contributed by atoms with Crippen molar-refractivity contribution in [1.82, 2.24) is 24.7 Å². The van der Waals surface area contributed by atoms with Gasteiger partial charge in [0.2, 0.25) is 5.95 Å². The molecule has 4 heterocycles. The molecule has 1 aliphatic heterocycles. The van der Waals surface area contributed by atoms with E-state index in [2.05, 4.69) is 26.3 Å². The topological polar surface area (TPSA) is 104 Å². The zero-order valence-electron chi connectivity index (χ0n) is 18.9. The maximum absolute atomic E-state index is 12.3. The lowest BCUT2D eigenvalue weighted by atomic mass is 10.1. The third kappa shape index (κ3) is 4.40. The van der Waals surface area contributed by atoms with Gasteiger partial charge in [-0.05, 0) is 46.8 Å². The molecule has 0 aliphatic carbocycles. The molecule has 0 saturated carbocycles. The van der Waals surface area contributed by atoms with Crippen LogP contribution in [0.1, 0.15) is 43.3 Å². The van der Waals surface area contributed by atoms with Gasteiger partial charge in [0.1, 0.15) is 16.4 Å². The summed E-state index contributed by atoms with van der Waals surface area (Å²) in [5.41, 5.74) is 3.45. The minimum atomic E-state index is -0.629. The second-order valence-corrected chi connectivity index (χ2v) is 9.37. The Bertz CT molecular complexity index is 1230. The molecule has 0 atom stereocenters. The molecule has 1 aliphatic rings. The SMILES string of the molecule is COc1c(C)cnc(Cn2nc3c4c(nc(NC(=O)OC(C)(C)C)nc42)SC[C]=C3)c1C. The van der Waals surface area contributed by atoms with Gasteiger partial charge in [0, 0.05) is 23.1 Å². The Kier molecular flexibility index (Phi) is 5.81. The number of pyridine rings is 1. The molecule has 0 bridgehead atoms. The summed E-state index contributed by atoms with van der Waals surface area (Å²) in [6.07, 6.45) is 6.23. The van der Waals surface area contributed by atoms with Crippen LogP contribution in [0.2, 0.25) is 0 Å². The fourth-order valence-corrected chi connectivity index (χ4v) is 4.25. The van der Waals surface area contributed by atoms with E-state index in [1.165, 1.54) is 11.8 Å². The minimum absolute atomic E-state index is 0.162. The number of carbonyl (C=O) groups is 1. The number of ether oxygens (including phenoxy) is 2. The maximum atomic E-state index is 12.3. The molecule has 32 heavy (non-hydrogen) atoms. The minimum Gasteiger partial charge on any atom is -0.496 e. The van der Waals surface area contributed by atoms with E-state index in [4.69, 9.17) is 14.6 Å². The lowest BCUT2D eigenvalue weighted by Crippen LogP contribution is -2.28. The van der Waals surface area contributed by atoms with E-state index in [0.717, 1.165) is 38.7 Å². The highest BCUT2D eigenvalue weighted by molar-refractivity contribution is 7.99. The Morgan fingerprint density at radius 3 is 2.81 bits per heavy atom. The van der Waals surface area contributed by atoms with Crippen LogP contribution in [0.5, 0.6) is 5.75 Å². The van der Waals surface area contributed by atoms with Gasteiger partial charge >= 0.3 is 6.09 Å². The second kappa shape index (κ2) is 8.42. The van der Waals surface area contributed by atoms with Crippen LogP contribution in [0, 0.1) is 19.9 Å². The maximum Gasteiger partial charge on any atom is 0.414 e. The number of hydrogen-bond donors (Lipinski definition) is 1. The Morgan fingerprint density at radius 1 is 1.31 bits per heavy atom. The van der Waals surface area contributed by atoms with Crippen LogP contribution in [0.4, 0.5) is 10.7 Å². The lowest BCUT2D eigenvalue weighted by molar-refractivity contribution is 0.0634. The fourth-order valence-electron chi connectivity index (χ4n) is 3.45. The molecule has 0 aromatic carbocycles. The van der Waals surface area contributed by atoms with Crippen LogP contribution >= 0.6 is 11.8 Å².